The number of piperazine rings is 1. The van der Waals surface area contributed by atoms with Gasteiger partial charge in [-0.05, 0) is 56.0 Å². The number of piperidine rings is 1. The van der Waals surface area contributed by atoms with Crippen LogP contribution in [0.1, 0.15) is 19.3 Å². The van der Waals surface area contributed by atoms with Crippen molar-refractivity contribution in [1.29, 1.82) is 0 Å². The van der Waals surface area contributed by atoms with E-state index in [4.69, 9.17) is 4.74 Å². The summed E-state index contributed by atoms with van der Waals surface area (Å²) in [5.41, 5.74) is 5.17. The number of anilines is 2. The van der Waals surface area contributed by atoms with Gasteiger partial charge in [-0.1, -0.05) is 30.3 Å². The summed E-state index contributed by atoms with van der Waals surface area (Å²) in [6.07, 6.45) is 3.51. The minimum absolute atomic E-state index is 0.0763. The largest absolute Gasteiger partial charge is 0.495 e. The third-order valence-electron chi connectivity index (χ3n) is 6.97. The van der Waals surface area contributed by atoms with Crippen LogP contribution in [0.5, 0.6) is 5.75 Å². The first-order valence-electron chi connectivity index (χ1n) is 12.1. The summed E-state index contributed by atoms with van der Waals surface area (Å²) in [6.45, 7) is 7.27. The quantitative estimate of drug-likeness (QED) is 0.696. The molecular weight excluding hydrogens is 414 g/mol. The second-order valence-electron chi connectivity index (χ2n) is 9.03. The van der Waals surface area contributed by atoms with Crippen molar-refractivity contribution in [2.45, 2.75) is 19.3 Å². The van der Waals surface area contributed by atoms with Gasteiger partial charge in [-0.3, -0.25) is 15.2 Å². The van der Waals surface area contributed by atoms with Crippen molar-refractivity contribution in [2.24, 2.45) is 5.92 Å². The zero-order valence-corrected chi connectivity index (χ0v) is 19.9. The van der Waals surface area contributed by atoms with Crippen LogP contribution >= 0.6 is 0 Å². The van der Waals surface area contributed by atoms with Crippen LogP contribution in [-0.4, -0.2) is 75.9 Å². The average Bonchev–Trinajstić information content (AvgIpc) is 2.88. The molecule has 2 saturated heterocycles. The van der Waals surface area contributed by atoms with Gasteiger partial charge in [0.1, 0.15) is 5.75 Å². The van der Waals surface area contributed by atoms with E-state index in [1.165, 1.54) is 12.1 Å². The molecule has 0 unspecified atom stereocenters. The zero-order chi connectivity index (χ0) is 23.0. The van der Waals surface area contributed by atoms with E-state index in [-0.39, 0.29) is 6.03 Å². The van der Waals surface area contributed by atoms with Gasteiger partial charge in [0.05, 0.1) is 12.8 Å². The van der Waals surface area contributed by atoms with Crippen molar-refractivity contribution in [2.75, 3.05) is 69.8 Å². The van der Waals surface area contributed by atoms with E-state index in [0.29, 0.717) is 0 Å². The molecule has 0 aliphatic carbocycles. The van der Waals surface area contributed by atoms with Gasteiger partial charge in [0.25, 0.3) is 0 Å². The van der Waals surface area contributed by atoms with Crippen LogP contribution in [0.4, 0.5) is 16.2 Å². The number of methoxy groups -OCH3 is 1. The Morgan fingerprint density at radius 3 is 2.33 bits per heavy atom. The highest BCUT2D eigenvalue weighted by atomic mass is 16.5. The Bertz CT molecular complexity index is 877. The van der Waals surface area contributed by atoms with Crippen molar-refractivity contribution in [3.63, 3.8) is 0 Å². The number of hydrazine groups is 1. The molecule has 0 atom stereocenters. The molecule has 2 aliphatic rings. The number of hydrogen-bond acceptors (Lipinski definition) is 5. The Morgan fingerprint density at radius 2 is 1.64 bits per heavy atom. The van der Waals surface area contributed by atoms with E-state index >= 15 is 0 Å². The molecule has 7 heteroatoms. The number of nitrogens with one attached hydrogen (secondary N) is 1. The number of carbonyl (C=O) groups excluding carboxylic acids is 1. The molecule has 2 fully saturated rings. The van der Waals surface area contributed by atoms with Gasteiger partial charge in [-0.2, -0.15) is 0 Å². The number of rotatable bonds is 7. The van der Waals surface area contributed by atoms with Crippen LogP contribution in [0.25, 0.3) is 0 Å². The third-order valence-corrected chi connectivity index (χ3v) is 6.97. The summed E-state index contributed by atoms with van der Waals surface area (Å²) in [5, 5.41) is 2.07. The molecule has 0 saturated carbocycles. The van der Waals surface area contributed by atoms with Gasteiger partial charge in [-0.15, -0.1) is 0 Å². The molecule has 2 aromatic carbocycles. The smallest absolute Gasteiger partial charge is 0.336 e. The standard InChI is InChI=1S/C26H37N5O2/c1-28(23-8-4-3-5-9-23)26(32)27-31-16-13-22(14-17-31)12-15-29-18-20-30(21-19-29)24-10-6-7-11-25(24)33-2/h3-11,22H,12-21H2,1-2H3,(H,27,32). The fourth-order valence-corrected chi connectivity index (χ4v) is 4.78. The second-order valence-corrected chi connectivity index (χ2v) is 9.03. The van der Waals surface area contributed by atoms with Crippen LogP contribution in [0.2, 0.25) is 0 Å². The molecule has 4 rings (SSSR count). The van der Waals surface area contributed by atoms with E-state index in [2.05, 4.69) is 32.4 Å². The van der Waals surface area contributed by atoms with E-state index in [1.807, 2.05) is 49.5 Å². The number of hydrogen-bond donors (Lipinski definition) is 1. The molecule has 2 aromatic rings. The molecule has 2 amide bonds. The lowest BCUT2D eigenvalue weighted by Crippen LogP contribution is -2.51. The summed E-state index contributed by atoms with van der Waals surface area (Å²) < 4.78 is 5.53. The SMILES string of the molecule is COc1ccccc1N1CCN(CCC2CCN(NC(=O)N(C)c3ccccc3)CC2)CC1. The highest BCUT2D eigenvalue weighted by Gasteiger charge is 2.24. The summed E-state index contributed by atoms with van der Waals surface area (Å²) in [5.74, 6) is 1.69. The Morgan fingerprint density at radius 1 is 0.970 bits per heavy atom. The number of benzene rings is 2. The predicted octanol–water partition coefficient (Wildman–Crippen LogP) is 3.68. The molecule has 7 nitrogen and oxygen atoms in total. The highest BCUT2D eigenvalue weighted by molar-refractivity contribution is 5.90. The monoisotopic (exact) mass is 451 g/mol. The number of urea groups is 1. The molecule has 178 valence electrons. The lowest BCUT2D eigenvalue weighted by molar-refractivity contribution is 0.123. The van der Waals surface area contributed by atoms with Gasteiger partial charge < -0.3 is 9.64 Å². The lowest BCUT2D eigenvalue weighted by Gasteiger charge is -2.38. The molecule has 2 heterocycles. The van der Waals surface area contributed by atoms with Crippen molar-refractivity contribution >= 4 is 17.4 Å². The third kappa shape index (κ3) is 6.18. The van der Waals surface area contributed by atoms with Gasteiger partial charge in [0, 0.05) is 52.0 Å². The van der Waals surface area contributed by atoms with Crippen LogP contribution in [-0.2, 0) is 0 Å². The van der Waals surface area contributed by atoms with Crippen LogP contribution in [0, 0.1) is 5.92 Å². The number of carbonyl (C=O) groups is 1. The molecule has 0 spiro atoms. The number of ether oxygens (including phenoxy) is 1. The predicted molar refractivity (Wildman–Crippen MR) is 134 cm³/mol. The van der Waals surface area contributed by atoms with Crippen molar-refractivity contribution in [3.8, 4) is 5.75 Å². The molecule has 0 bridgehead atoms. The summed E-state index contributed by atoms with van der Waals surface area (Å²) in [7, 11) is 3.55. The van der Waals surface area contributed by atoms with Crippen molar-refractivity contribution in [1.82, 2.24) is 15.3 Å². The van der Waals surface area contributed by atoms with Crippen LogP contribution in [0.15, 0.2) is 54.6 Å². The van der Waals surface area contributed by atoms with Crippen molar-refractivity contribution < 1.29 is 9.53 Å². The topological polar surface area (TPSA) is 51.3 Å². The Balaban J connectivity index is 1.14. The molecule has 33 heavy (non-hydrogen) atoms. The molecule has 0 radical (unpaired) electrons. The lowest BCUT2D eigenvalue weighted by atomic mass is 9.94. The maximum Gasteiger partial charge on any atom is 0.336 e. The number of nitrogens with zero attached hydrogens (tertiary/aromatic N) is 4. The normalized spacial score (nSPS) is 18.2. The van der Waals surface area contributed by atoms with Gasteiger partial charge in [0.15, 0.2) is 0 Å². The molecule has 0 aromatic heterocycles. The first-order valence-corrected chi connectivity index (χ1v) is 12.1. The van der Waals surface area contributed by atoms with Gasteiger partial charge in [0.2, 0.25) is 0 Å². The van der Waals surface area contributed by atoms with E-state index in [1.54, 1.807) is 12.0 Å². The van der Waals surface area contributed by atoms with Gasteiger partial charge in [-0.25, -0.2) is 9.80 Å². The summed E-state index contributed by atoms with van der Waals surface area (Å²) in [4.78, 5) is 19.2. The Labute approximate surface area is 197 Å². The van der Waals surface area contributed by atoms with Gasteiger partial charge >= 0.3 is 6.03 Å². The number of amides is 2. The summed E-state index contributed by atoms with van der Waals surface area (Å²) in [6, 6.07) is 18.0. The molecule has 1 N–H and O–H groups in total. The first kappa shape index (κ1) is 23.4. The minimum atomic E-state index is -0.0763. The van der Waals surface area contributed by atoms with Crippen LogP contribution in [0.3, 0.4) is 0 Å². The molecular formula is C26H37N5O2. The van der Waals surface area contributed by atoms with Crippen LogP contribution < -0.4 is 20.0 Å². The maximum atomic E-state index is 12.5. The second kappa shape index (κ2) is 11.4. The highest BCUT2D eigenvalue weighted by Crippen LogP contribution is 2.28. The minimum Gasteiger partial charge on any atom is -0.495 e. The maximum absolute atomic E-state index is 12.5. The van der Waals surface area contributed by atoms with Crippen molar-refractivity contribution in [3.05, 3.63) is 54.6 Å². The Hall–Kier alpha value is -2.77. The average molecular weight is 452 g/mol. The fourth-order valence-electron chi connectivity index (χ4n) is 4.78. The fraction of sp³-hybridized carbons (Fsp3) is 0.500. The zero-order valence-electron chi connectivity index (χ0n) is 19.9. The van der Waals surface area contributed by atoms with E-state index in [0.717, 1.165) is 76.0 Å². The Kier molecular flexibility index (Phi) is 8.07. The van der Waals surface area contributed by atoms with E-state index in [9.17, 15) is 4.79 Å². The molecule has 2 aliphatic heterocycles. The number of para-hydroxylation sites is 3. The first-order chi connectivity index (χ1) is 16.1. The van der Waals surface area contributed by atoms with E-state index < -0.39 is 0 Å². The summed E-state index contributed by atoms with van der Waals surface area (Å²) >= 11 is 0.